The van der Waals surface area contributed by atoms with Crippen molar-refractivity contribution >= 4 is 15.9 Å². The molecule has 0 aliphatic heterocycles. The first-order chi connectivity index (χ1) is 8.58. The van der Waals surface area contributed by atoms with E-state index in [2.05, 4.69) is 27.9 Å². The Labute approximate surface area is 118 Å². The number of nitrogens with zero attached hydrogens (tertiary/aromatic N) is 1. The monoisotopic (exact) mass is 311 g/mol. The van der Waals surface area contributed by atoms with E-state index >= 15 is 0 Å². The molecule has 0 aromatic heterocycles. The van der Waals surface area contributed by atoms with Gasteiger partial charge in [-0.3, -0.25) is 4.90 Å². The summed E-state index contributed by atoms with van der Waals surface area (Å²) in [4.78, 5) is 2.39. The van der Waals surface area contributed by atoms with Gasteiger partial charge in [-0.15, -0.1) is 0 Å². The summed E-state index contributed by atoms with van der Waals surface area (Å²) < 4.78 is 1.05. The third kappa shape index (κ3) is 3.27. The highest BCUT2D eigenvalue weighted by molar-refractivity contribution is 9.10. The van der Waals surface area contributed by atoms with Gasteiger partial charge in [-0.1, -0.05) is 35.2 Å². The van der Waals surface area contributed by atoms with E-state index in [1.807, 2.05) is 19.1 Å². The molecule has 0 atom stereocenters. The number of hydrogen-bond donors (Lipinski definition) is 1. The van der Waals surface area contributed by atoms with E-state index in [4.69, 9.17) is 0 Å². The fraction of sp³-hybridized carbons (Fsp3) is 0.600. The van der Waals surface area contributed by atoms with Crippen LogP contribution in [0.25, 0.3) is 0 Å². The summed E-state index contributed by atoms with van der Waals surface area (Å²) in [5.74, 6) is 0.445. The molecule has 3 heteroatoms. The second-order valence-electron chi connectivity index (χ2n) is 5.44. The minimum absolute atomic E-state index is 0.445. The van der Waals surface area contributed by atoms with E-state index in [9.17, 15) is 5.11 Å². The van der Waals surface area contributed by atoms with Crippen LogP contribution in [0, 0.1) is 6.92 Å². The van der Waals surface area contributed by atoms with E-state index in [-0.39, 0.29) is 0 Å². The quantitative estimate of drug-likeness (QED) is 0.903. The third-order valence-electron chi connectivity index (χ3n) is 3.96. The number of phenols is 1. The van der Waals surface area contributed by atoms with E-state index in [0.717, 1.165) is 22.1 Å². The highest BCUT2D eigenvalue weighted by Crippen LogP contribution is 2.29. The fourth-order valence-corrected chi connectivity index (χ4v) is 3.46. The van der Waals surface area contributed by atoms with Crippen LogP contribution < -0.4 is 0 Å². The molecule has 18 heavy (non-hydrogen) atoms. The van der Waals surface area contributed by atoms with Crippen LogP contribution in [0.4, 0.5) is 0 Å². The topological polar surface area (TPSA) is 23.5 Å². The van der Waals surface area contributed by atoms with Gasteiger partial charge in [0.2, 0.25) is 0 Å². The van der Waals surface area contributed by atoms with Gasteiger partial charge in [-0.05, 0) is 44.5 Å². The van der Waals surface area contributed by atoms with Crippen molar-refractivity contribution in [3.8, 4) is 5.75 Å². The van der Waals surface area contributed by atoms with Crippen LogP contribution in [-0.2, 0) is 6.54 Å². The maximum atomic E-state index is 10.1. The molecular weight excluding hydrogens is 290 g/mol. The molecule has 0 spiro atoms. The van der Waals surface area contributed by atoms with Crippen molar-refractivity contribution in [2.45, 2.75) is 51.6 Å². The molecular formula is C15H22BrNO. The Morgan fingerprint density at radius 1 is 1.28 bits per heavy atom. The van der Waals surface area contributed by atoms with Crippen molar-refractivity contribution in [1.82, 2.24) is 4.90 Å². The predicted molar refractivity (Wildman–Crippen MR) is 78.9 cm³/mol. The molecule has 0 saturated heterocycles. The van der Waals surface area contributed by atoms with Crippen LogP contribution in [0.5, 0.6) is 5.75 Å². The van der Waals surface area contributed by atoms with Gasteiger partial charge in [0, 0.05) is 22.6 Å². The first-order valence-electron chi connectivity index (χ1n) is 6.76. The van der Waals surface area contributed by atoms with Crippen LogP contribution in [0.1, 0.15) is 43.2 Å². The number of halogens is 1. The zero-order valence-electron chi connectivity index (χ0n) is 11.2. The summed E-state index contributed by atoms with van der Waals surface area (Å²) >= 11 is 3.50. The molecule has 1 aromatic carbocycles. The molecule has 1 fully saturated rings. The minimum Gasteiger partial charge on any atom is -0.507 e. The Hall–Kier alpha value is -0.540. The van der Waals surface area contributed by atoms with Gasteiger partial charge in [0.25, 0.3) is 0 Å². The van der Waals surface area contributed by atoms with Crippen LogP contribution in [-0.4, -0.2) is 23.1 Å². The van der Waals surface area contributed by atoms with Crippen LogP contribution in [0.3, 0.4) is 0 Å². The zero-order valence-corrected chi connectivity index (χ0v) is 12.8. The zero-order chi connectivity index (χ0) is 13.1. The molecule has 2 nitrogen and oxygen atoms in total. The molecule has 1 aliphatic rings. The largest absolute Gasteiger partial charge is 0.507 e. The highest BCUT2D eigenvalue weighted by atomic mass is 79.9. The molecule has 0 amide bonds. The molecule has 100 valence electrons. The van der Waals surface area contributed by atoms with E-state index in [1.54, 1.807) is 0 Å². The fourth-order valence-electron chi connectivity index (χ4n) is 2.85. The van der Waals surface area contributed by atoms with Crippen molar-refractivity contribution in [2.24, 2.45) is 0 Å². The molecule has 1 aliphatic carbocycles. The number of aromatic hydroxyl groups is 1. The molecule has 0 radical (unpaired) electrons. The average molecular weight is 312 g/mol. The Bertz CT molecular complexity index is 413. The van der Waals surface area contributed by atoms with Gasteiger partial charge in [0.05, 0.1) is 0 Å². The summed E-state index contributed by atoms with van der Waals surface area (Å²) in [7, 11) is 2.17. The minimum atomic E-state index is 0.445. The molecule has 2 rings (SSSR count). The number of phenolic OH excluding ortho intramolecular Hbond substituents is 1. The Morgan fingerprint density at radius 2 is 1.94 bits per heavy atom. The Kier molecular flexibility index (Phi) is 4.68. The lowest BCUT2D eigenvalue weighted by molar-refractivity contribution is 0.183. The lowest BCUT2D eigenvalue weighted by Crippen LogP contribution is -2.32. The van der Waals surface area contributed by atoms with Crippen molar-refractivity contribution < 1.29 is 5.11 Å². The van der Waals surface area contributed by atoms with Gasteiger partial charge < -0.3 is 5.11 Å². The smallest absolute Gasteiger partial charge is 0.123 e. The van der Waals surface area contributed by atoms with Crippen molar-refractivity contribution in [1.29, 1.82) is 0 Å². The molecule has 1 aromatic rings. The average Bonchev–Trinajstić information content (AvgIpc) is 2.36. The molecule has 1 saturated carbocycles. The lowest BCUT2D eigenvalue weighted by atomic mass is 9.94. The number of aryl methyl sites for hydroxylation is 1. The van der Waals surface area contributed by atoms with E-state index < -0.39 is 0 Å². The van der Waals surface area contributed by atoms with Crippen LogP contribution in [0.2, 0.25) is 0 Å². The lowest BCUT2D eigenvalue weighted by Gasteiger charge is -2.31. The number of hydrogen-bond acceptors (Lipinski definition) is 2. The number of benzene rings is 1. The predicted octanol–water partition coefficient (Wildman–Crippen LogP) is 4.23. The normalized spacial score (nSPS) is 17.3. The standard InChI is InChI=1S/C15H22BrNO/c1-11-8-13(16)9-12(15(11)18)10-17(2)14-6-4-3-5-7-14/h8-9,14,18H,3-7,10H2,1-2H3. The maximum Gasteiger partial charge on any atom is 0.123 e. The van der Waals surface area contributed by atoms with Crippen molar-refractivity contribution in [3.05, 3.63) is 27.7 Å². The van der Waals surface area contributed by atoms with Gasteiger partial charge in [0.1, 0.15) is 5.75 Å². The summed E-state index contributed by atoms with van der Waals surface area (Å²) in [5.41, 5.74) is 1.96. The van der Waals surface area contributed by atoms with Gasteiger partial charge in [-0.25, -0.2) is 0 Å². The van der Waals surface area contributed by atoms with Crippen molar-refractivity contribution in [3.63, 3.8) is 0 Å². The maximum absolute atomic E-state index is 10.1. The third-order valence-corrected chi connectivity index (χ3v) is 4.42. The number of rotatable bonds is 3. The molecule has 0 bridgehead atoms. The summed E-state index contributed by atoms with van der Waals surface area (Å²) in [5, 5.41) is 10.1. The Balaban J connectivity index is 2.08. The second-order valence-corrected chi connectivity index (χ2v) is 6.35. The van der Waals surface area contributed by atoms with Gasteiger partial charge >= 0.3 is 0 Å². The van der Waals surface area contributed by atoms with Crippen LogP contribution in [0.15, 0.2) is 16.6 Å². The van der Waals surface area contributed by atoms with E-state index in [1.165, 1.54) is 32.1 Å². The molecule has 0 unspecified atom stereocenters. The van der Waals surface area contributed by atoms with Crippen LogP contribution >= 0.6 is 15.9 Å². The highest BCUT2D eigenvalue weighted by Gasteiger charge is 2.19. The van der Waals surface area contributed by atoms with E-state index in [0.29, 0.717) is 11.8 Å². The molecule has 0 heterocycles. The second kappa shape index (κ2) is 6.07. The van der Waals surface area contributed by atoms with Gasteiger partial charge in [0.15, 0.2) is 0 Å². The van der Waals surface area contributed by atoms with Gasteiger partial charge in [-0.2, -0.15) is 0 Å². The first-order valence-corrected chi connectivity index (χ1v) is 7.55. The molecule has 1 N–H and O–H groups in total. The first kappa shape index (κ1) is 13.9. The summed E-state index contributed by atoms with van der Waals surface area (Å²) in [6.07, 6.45) is 6.66. The summed E-state index contributed by atoms with van der Waals surface area (Å²) in [6.45, 7) is 2.78. The SMILES string of the molecule is Cc1cc(Br)cc(CN(C)C2CCCCC2)c1O. The Morgan fingerprint density at radius 3 is 2.61 bits per heavy atom. The summed E-state index contributed by atoms with van der Waals surface area (Å²) in [6, 6.07) is 4.67. The van der Waals surface area contributed by atoms with Crippen molar-refractivity contribution in [2.75, 3.05) is 7.05 Å².